The molecule has 1 aromatic carbocycles. The summed E-state index contributed by atoms with van der Waals surface area (Å²) in [5, 5.41) is 3.45. The fourth-order valence-corrected chi connectivity index (χ4v) is 2.51. The third-order valence-corrected chi connectivity index (χ3v) is 3.76. The van der Waals surface area contributed by atoms with Gasteiger partial charge in [-0.1, -0.05) is 30.2 Å². The summed E-state index contributed by atoms with van der Waals surface area (Å²) in [5.41, 5.74) is 0.689. The molecular formula is C14H19ClN2O. The molecule has 1 aliphatic heterocycles. The molecule has 3 nitrogen and oxygen atoms in total. The lowest BCUT2D eigenvalue weighted by molar-refractivity contribution is -0.118. The molecule has 1 saturated heterocycles. The van der Waals surface area contributed by atoms with Gasteiger partial charge in [-0.15, -0.1) is 0 Å². The van der Waals surface area contributed by atoms with Gasteiger partial charge in [-0.05, 0) is 38.4 Å². The van der Waals surface area contributed by atoms with Crippen molar-refractivity contribution < 1.29 is 4.79 Å². The normalized spacial score (nSPS) is 20.7. The van der Waals surface area contributed by atoms with Gasteiger partial charge in [0.2, 0.25) is 5.91 Å². The molecule has 1 heterocycles. The minimum atomic E-state index is 0.0110. The minimum Gasteiger partial charge on any atom is -0.324 e. The predicted molar refractivity (Wildman–Crippen MR) is 75.0 cm³/mol. The van der Waals surface area contributed by atoms with Gasteiger partial charge in [0.1, 0.15) is 0 Å². The number of piperidine rings is 1. The number of hydrogen-bond donors (Lipinski definition) is 1. The number of carbonyl (C=O) groups is 1. The zero-order valence-corrected chi connectivity index (χ0v) is 11.4. The number of hydrogen-bond acceptors (Lipinski definition) is 2. The molecule has 18 heavy (non-hydrogen) atoms. The Morgan fingerprint density at radius 1 is 1.44 bits per heavy atom. The average Bonchev–Trinajstić information content (AvgIpc) is 2.35. The van der Waals surface area contributed by atoms with Gasteiger partial charge in [0.15, 0.2) is 0 Å². The van der Waals surface area contributed by atoms with Gasteiger partial charge < -0.3 is 5.32 Å². The molecule has 2 rings (SSSR count). The fraction of sp³-hybridized carbons (Fsp3) is 0.500. The molecule has 0 aliphatic carbocycles. The first-order chi connectivity index (χ1) is 8.66. The zero-order chi connectivity index (χ0) is 13.0. The van der Waals surface area contributed by atoms with E-state index in [0.717, 1.165) is 6.54 Å². The van der Waals surface area contributed by atoms with Crippen LogP contribution in [-0.2, 0) is 4.79 Å². The maximum Gasteiger partial charge on any atom is 0.238 e. The van der Waals surface area contributed by atoms with E-state index in [0.29, 0.717) is 23.3 Å². The molecule has 0 radical (unpaired) electrons. The van der Waals surface area contributed by atoms with Crippen molar-refractivity contribution in [2.75, 3.05) is 18.4 Å². The van der Waals surface area contributed by atoms with E-state index < -0.39 is 0 Å². The summed E-state index contributed by atoms with van der Waals surface area (Å²) in [6.07, 6.45) is 3.63. The van der Waals surface area contributed by atoms with E-state index in [-0.39, 0.29) is 5.91 Å². The molecule has 98 valence electrons. The number of halogens is 1. The summed E-state index contributed by atoms with van der Waals surface area (Å²) in [4.78, 5) is 14.2. The fourth-order valence-electron chi connectivity index (χ4n) is 2.33. The van der Waals surface area contributed by atoms with E-state index in [1.54, 1.807) is 6.07 Å². The number of benzene rings is 1. The van der Waals surface area contributed by atoms with Gasteiger partial charge in [-0.25, -0.2) is 0 Å². The first kappa shape index (κ1) is 13.4. The standard InChI is InChI=1S/C14H19ClN2O/c1-11-6-4-5-9-17(11)10-14(18)16-13-8-3-2-7-12(13)15/h2-3,7-8,11H,4-6,9-10H2,1H3,(H,16,18)/t11-/m1/s1. The molecule has 1 fully saturated rings. The predicted octanol–water partition coefficient (Wildman–Crippen LogP) is 3.15. The van der Waals surface area contributed by atoms with Gasteiger partial charge in [-0.3, -0.25) is 9.69 Å². The number of nitrogens with one attached hydrogen (secondary N) is 1. The number of para-hydroxylation sites is 1. The molecule has 0 unspecified atom stereocenters. The highest BCUT2D eigenvalue weighted by molar-refractivity contribution is 6.33. The van der Waals surface area contributed by atoms with E-state index >= 15 is 0 Å². The van der Waals surface area contributed by atoms with E-state index in [2.05, 4.69) is 17.1 Å². The van der Waals surface area contributed by atoms with Crippen LogP contribution in [0.2, 0.25) is 5.02 Å². The SMILES string of the molecule is C[C@@H]1CCCCN1CC(=O)Nc1ccccc1Cl. The largest absolute Gasteiger partial charge is 0.324 e. The maximum absolute atomic E-state index is 12.0. The first-order valence-corrected chi connectivity index (χ1v) is 6.83. The smallest absolute Gasteiger partial charge is 0.238 e. The van der Waals surface area contributed by atoms with Gasteiger partial charge in [-0.2, -0.15) is 0 Å². The maximum atomic E-state index is 12.0. The number of carbonyl (C=O) groups excluding carboxylic acids is 1. The van der Waals surface area contributed by atoms with Crippen molar-refractivity contribution in [1.29, 1.82) is 0 Å². The first-order valence-electron chi connectivity index (χ1n) is 6.45. The van der Waals surface area contributed by atoms with Crippen molar-refractivity contribution in [3.8, 4) is 0 Å². The number of nitrogens with zero attached hydrogens (tertiary/aromatic N) is 1. The highest BCUT2D eigenvalue weighted by atomic mass is 35.5. The molecule has 1 atom stereocenters. The molecule has 0 bridgehead atoms. The number of rotatable bonds is 3. The third-order valence-electron chi connectivity index (χ3n) is 3.44. The van der Waals surface area contributed by atoms with Crippen molar-refractivity contribution in [1.82, 2.24) is 4.90 Å². The molecular weight excluding hydrogens is 248 g/mol. The summed E-state index contributed by atoms with van der Waals surface area (Å²) in [7, 11) is 0. The van der Waals surface area contributed by atoms with Crippen LogP contribution in [0.25, 0.3) is 0 Å². The van der Waals surface area contributed by atoms with E-state index in [9.17, 15) is 4.79 Å². The van der Waals surface area contributed by atoms with Crippen molar-refractivity contribution in [2.24, 2.45) is 0 Å². The minimum absolute atomic E-state index is 0.0110. The summed E-state index contributed by atoms with van der Waals surface area (Å²) in [5.74, 6) is 0.0110. The Balaban J connectivity index is 1.90. The van der Waals surface area contributed by atoms with E-state index in [4.69, 9.17) is 11.6 Å². The van der Waals surface area contributed by atoms with Gasteiger partial charge in [0.25, 0.3) is 0 Å². The van der Waals surface area contributed by atoms with Crippen LogP contribution in [0.15, 0.2) is 24.3 Å². The summed E-state index contributed by atoms with van der Waals surface area (Å²) >= 11 is 6.01. The van der Waals surface area contributed by atoms with E-state index in [1.165, 1.54) is 19.3 Å². The van der Waals surface area contributed by atoms with Gasteiger partial charge in [0, 0.05) is 6.04 Å². The molecule has 1 aliphatic rings. The second-order valence-electron chi connectivity index (χ2n) is 4.84. The average molecular weight is 267 g/mol. The van der Waals surface area contributed by atoms with Gasteiger partial charge >= 0.3 is 0 Å². The molecule has 1 amide bonds. The van der Waals surface area contributed by atoms with Crippen LogP contribution in [0.3, 0.4) is 0 Å². The van der Waals surface area contributed by atoms with Crippen molar-refractivity contribution in [3.05, 3.63) is 29.3 Å². The Morgan fingerprint density at radius 3 is 2.94 bits per heavy atom. The Bertz CT molecular complexity index is 422. The lowest BCUT2D eigenvalue weighted by atomic mass is 10.0. The molecule has 1 aromatic rings. The van der Waals surface area contributed by atoms with Crippen LogP contribution in [-0.4, -0.2) is 29.9 Å². The summed E-state index contributed by atoms with van der Waals surface area (Å²) in [6.45, 7) is 3.64. The van der Waals surface area contributed by atoms with Crippen molar-refractivity contribution in [3.63, 3.8) is 0 Å². The molecule has 4 heteroatoms. The Morgan fingerprint density at radius 2 is 2.22 bits per heavy atom. The Labute approximate surface area is 113 Å². The highest BCUT2D eigenvalue weighted by Crippen LogP contribution is 2.21. The van der Waals surface area contributed by atoms with E-state index in [1.807, 2.05) is 18.2 Å². The lowest BCUT2D eigenvalue weighted by Gasteiger charge is -2.32. The van der Waals surface area contributed by atoms with Crippen LogP contribution in [0.5, 0.6) is 0 Å². The Hall–Kier alpha value is -1.06. The zero-order valence-electron chi connectivity index (χ0n) is 10.7. The van der Waals surface area contributed by atoms with Crippen LogP contribution in [0.4, 0.5) is 5.69 Å². The van der Waals surface area contributed by atoms with Crippen LogP contribution in [0, 0.1) is 0 Å². The lowest BCUT2D eigenvalue weighted by Crippen LogP contribution is -2.42. The molecule has 0 saturated carbocycles. The number of anilines is 1. The second-order valence-corrected chi connectivity index (χ2v) is 5.25. The van der Waals surface area contributed by atoms with Crippen LogP contribution >= 0.6 is 11.6 Å². The Kier molecular flexibility index (Phi) is 4.61. The highest BCUT2D eigenvalue weighted by Gasteiger charge is 2.20. The molecule has 1 N–H and O–H groups in total. The molecule has 0 aromatic heterocycles. The topological polar surface area (TPSA) is 32.3 Å². The number of amides is 1. The van der Waals surface area contributed by atoms with Crippen molar-refractivity contribution in [2.45, 2.75) is 32.2 Å². The summed E-state index contributed by atoms with van der Waals surface area (Å²) in [6, 6.07) is 7.81. The second kappa shape index (κ2) is 6.21. The molecule has 0 spiro atoms. The van der Waals surface area contributed by atoms with Gasteiger partial charge in [0.05, 0.1) is 17.3 Å². The van der Waals surface area contributed by atoms with Crippen LogP contribution in [0.1, 0.15) is 26.2 Å². The van der Waals surface area contributed by atoms with Crippen LogP contribution < -0.4 is 5.32 Å². The summed E-state index contributed by atoms with van der Waals surface area (Å²) < 4.78 is 0. The monoisotopic (exact) mass is 266 g/mol. The number of likely N-dealkylation sites (tertiary alicyclic amines) is 1. The third kappa shape index (κ3) is 3.47. The quantitative estimate of drug-likeness (QED) is 0.912. The van der Waals surface area contributed by atoms with Crippen molar-refractivity contribution >= 4 is 23.2 Å².